The number of aromatic nitrogens is 3. The Morgan fingerprint density at radius 2 is 1.88 bits per heavy atom. The fraction of sp³-hybridized carbons (Fsp3) is 0.500. The molecule has 1 aromatic heterocycles. The lowest BCUT2D eigenvalue weighted by molar-refractivity contribution is 0.269. The molecule has 8 heteroatoms. The molecule has 0 amide bonds. The minimum absolute atomic E-state index is 0.178. The third-order valence-electron chi connectivity index (χ3n) is 4.39. The van der Waals surface area contributed by atoms with E-state index in [1.165, 1.54) is 4.31 Å². The van der Waals surface area contributed by atoms with Gasteiger partial charge in [-0.3, -0.25) is 0 Å². The highest BCUT2D eigenvalue weighted by Gasteiger charge is 2.32. The summed E-state index contributed by atoms with van der Waals surface area (Å²) in [5.74, 6) is 1.24. The maximum absolute atomic E-state index is 12.8. The Morgan fingerprint density at radius 1 is 1.21 bits per heavy atom. The van der Waals surface area contributed by atoms with E-state index in [2.05, 4.69) is 28.6 Å². The summed E-state index contributed by atoms with van der Waals surface area (Å²) in [7, 11) is -3.55. The zero-order chi connectivity index (χ0) is 17.3. The molecule has 24 heavy (non-hydrogen) atoms. The SMILES string of the molecule is CC(C)c1nncn1C1CCN(S(=O)(=O)c2ccccc2Cl)CC1. The Hall–Kier alpha value is -1.44. The Bertz CT molecular complexity index is 811. The third kappa shape index (κ3) is 3.20. The van der Waals surface area contributed by atoms with Gasteiger partial charge >= 0.3 is 0 Å². The third-order valence-corrected chi connectivity index (χ3v) is 6.79. The maximum Gasteiger partial charge on any atom is 0.244 e. The molecule has 0 unspecified atom stereocenters. The molecule has 1 aliphatic heterocycles. The van der Waals surface area contributed by atoms with Crippen molar-refractivity contribution in [2.75, 3.05) is 13.1 Å². The van der Waals surface area contributed by atoms with Gasteiger partial charge in [0.25, 0.3) is 0 Å². The first-order valence-electron chi connectivity index (χ1n) is 8.05. The van der Waals surface area contributed by atoms with Crippen molar-refractivity contribution in [3.8, 4) is 0 Å². The van der Waals surface area contributed by atoms with Gasteiger partial charge < -0.3 is 4.57 Å². The number of sulfonamides is 1. The number of benzene rings is 1. The van der Waals surface area contributed by atoms with E-state index in [4.69, 9.17) is 11.6 Å². The second-order valence-corrected chi connectivity index (χ2v) is 8.63. The summed E-state index contributed by atoms with van der Waals surface area (Å²) in [6, 6.07) is 6.81. The van der Waals surface area contributed by atoms with Gasteiger partial charge in [0.05, 0.1) is 5.02 Å². The average Bonchev–Trinajstić information content (AvgIpc) is 3.05. The number of halogens is 1. The van der Waals surface area contributed by atoms with Crippen LogP contribution in [0.4, 0.5) is 0 Å². The zero-order valence-electron chi connectivity index (χ0n) is 13.8. The first kappa shape index (κ1) is 17.4. The highest BCUT2D eigenvalue weighted by atomic mass is 35.5. The van der Waals surface area contributed by atoms with Gasteiger partial charge in [0.15, 0.2) is 0 Å². The minimum atomic E-state index is -3.55. The van der Waals surface area contributed by atoms with Crippen LogP contribution in [0.1, 0.15) is 44.5 Å². The minimum Gasteiger partial charge on any atom is -0.314 e. The van der Waals surface area contributed by atoms with Crippen LogP contribution in [0.3, 0.4) is 0 Å². The quantitative estimate of drug-likeness (QED) is 0.831. The lowest BCUT2D eigenvalue weighted by Gasteiger charge is -2.32. The maximum atomic E-state index is 12.8. The van der Waals surface area contributed by atoms with Gasteiger partial charge in [-0.05, 0) is 25.0 Å². The van der Waals surface area contributed by atoms with E-state index in [9.17, 15) is 8.42 Å². The topological polar surface area (TPSA) is 68.1 Å². The average molecular weight is 369 g/mol. The fourth-order valence-electron chi connectivity index (χ4n) is 3.10. The molecule has 2 aromatic rings. The van der Waals surface area contributed by atoms with Gasteiger partial charge in [-0.1, -0.05) is 37.6 Å². The van der Waals surface area contributed by atoms with Gasteiger partial charge in [0.2, 0.25) is 10.0 Å². The van der Waals surface area contributed by atoms with Crippen LogP contribution in [0.15, 0.2) is 35.5 Å². The van der Waals surface area contributed by atoms with E-state index < -0.39 is 10.0 Å². The molecule has 0 atom stereocenters. The van der Waals surface area contributed by atoms with Gasteiger partial charge in [0, 0.05) is 25.0 Å². The second kappa shape index (κ2) is 6.82. The summed E-state index contributed by atoms with van der Waals surface area (Å²) < 4.78 is 29.2. The number of piperidine rings is 1. The second-order valence-electron chi connectivity index (χ2n) is 6.32. The molecule has 1 aromatic carbocycles. The predicted octanol–water partition coefficient (Wildman–Crippen LogP) is 3.08. The Kier molecular flexibility index (Phi) is 4.94. The summed E-state index contributed by atoms with van der Waals surface area (Å²) in [6.07, 6.45) is 3.22. The Morgan fingerprint density at radius 3 is 2.50 bits per heavy atom. The van der Waals surface area contributed by atoms with Crippen LogP contribution >= 0.6 is 11.6 Å². The smallest absolute Gasteiger partial charge is 0.244 e. The van der Waals surface area contributed by atoms with Gasteiger partial charge in [-0.15, -0.1) is 10.2 Å². The van der Waals surface area contributed by atoms with Crippen molar-refractivity contribution in [1.29, 1.82) is 0 Å². The molecule has 0 saturated carbocycles. The Labute approximate surface area is 147 Å². The van der Waals surface area contributed by atoms with E-state index in [0.717, 1.165) is 18.7 Å². The van der Waals surface area contributed by atoms with Crippen molar-refractivity contribution in [1.82, 2.24) is 19.1 Å². The monoisotopic (exact) mass is 368 g/mol. The number of rotatable bonds is 4. The van der Waals surface area contributed by atoms with Gasteiger partial charge in [-0.25, -0.2) is 8.42 Å². The van der Waals surface area contributed by atoms with Crippen molar-refractivity contribution >= 4 is 21.6 Å². The molecule has 0 radical (unpaired) electrons. The molecule has 3 rings (SSSR count). The van der Waals surface area contributed by atoms with Crippen LogP contribution in [0.5, 0.6) is 0 Å². The normalized spacial score (nSPS) is 17.5. The van der Waals surface area contributed by atoms with Crippen molar-refractivity contribution in [2.45, 2.75) is 43.5 Å². The summed E-state index contributed by atoms with van der Waals surface area (Å²) in [5, 5.41) is 8.46. The van der Waals surface area contributed by atoms with Crippen LogP contribution in [0.2, 0.25) is 5.02 Å². The lowest BCUT2D eigenvalue weighted by Crippen LogP contribution is -2.39. The summed E-state index contributed by atoms with van der Waals surface area (Å²) >= 11 is 6.07. The first-order valence-corrected chi connectivity index (χ1v) is 9.87. The van der Waals surface area contributed by atoms with Crippen LogP contribution < -0.4 is 0 Å². The highest BCUT2D eigenvalue weighted by Crippen LogP contribution is 2.30. The molecular weight excluding hydrogens is 348 g/mol. The van der Waals surface area contributed by atoms with Gasteiger partial charge in [-0.2, -0.15) is 4.31 Å². The molecular formula is C16H21ClN4O2S. The molecule has 130 valence electrons. The fourth-order valence-corrected chi connectivity index (χ4v) is 5.06. The van der Waals surface area contributed by atoms with Crippen molar-refractivity contribution in [3.05, 3.63) is 41.4 Å². The van der Waals surface area contributed by atoms with Crippen LogP contribution in [-0.4, -0.2) is 40.6 Å². The van der Waals surface area contributed by atoms with Crippen LogP contribution in [0.25, 0.3) is 0 Å². The number of nitrogens with zero attached hydrogens (tertiary/aromatic N) is 4. The van der Waals surface area contributed by atoms with Crippen molar-refractivity contribution < 1.29 is 8.42 Å². The summed E-state index contributed by atoms with van der Waals surface area (Å²) in [5.41, 5.74) is 0. The Balaban J connectivity index is 1.76. The van der Waals surface area contributed by atoms with E-state index in [1.54, 1.807) is 30.6 Å². The molecule has 0 N–H and O–H groups in total. The molecule has 1 saturated heterocycles. The molecule has 0 bridgehead atoms. The van der Waals surface area contributed by atoms with Crippen molar-refractivity contribution in [2.24, 2.45) is 0 Å². The first-order chi connectivity index (χ1) is 11.4. The standard InChI is InChI=1S/C16H21ClN4O2S/c1-12(2)16-19-18-11-21(16)13-7-9-20(10-8-13)24(22,23)15-6-4-3-5-14(15)17/h3-6,11-13H,7-10H2,1-2H3. The van der Waals surface area contributed by atoms with Crippen molar-refractivity contribution in [3.63, 3.8) is 0 Å². The van der Waals surface area contributed by atoms with E-state index in [0.29, 0.717) is 13.1 Å². The zero-order valence-corrected chi connectivity index (χ0v) is 15.3. The van der Waals surface area contributed by atoms with Crippen LogP contribution in [-0.2, 0) is 10.0 Å². The lowest BCUT2D eigenvalue weighted by atomic mass is 10.1. The highest BCUT2D eigenvalue weighted by molar-refractivity contribution is 7.89. The molecule has 1 fully saturated rings. The summed E-state index contributed by atoms with van der Waals surface area (Å²) in [4.78, 5) is 0.178. The predicted molar refractivity (Wildman–Crippen MR) is 92.6 cm³/mol. The van der Waals surface area contributed by atoms with Crippen LogP contribution in [0, 0.1) is 0 Å². The number of hydrogen-bond donors (Lipinski definition) is 0. The van der Waals surface area contributed by atoms with Gasteiger partial charge in [0.1, 0.15) is 17.0 Å². The molecule has 0 aliphatic carbocycles. The van der Waals surface area contributed by atoms with E-state index >= 15 is 0 Å². The summed E-state index contributed by atoms with van der Waals surface area (Å²) in [6.45, 7) is 5.09. The number of hydrogen-bond acceptors (Lipinski definition) is 4. The molecule has 6 nitrogen and oxygen atoms in total. The van der Waals surface area contributed by atoms with E-state index in [1.807, 2.05) is 0 Å². The van der Waals surface area contributed by atoms with E-state index in [-0.39, 0.29) is 21.9 Å². The largest absolute Gasteiger partial charge is 0.314 e. The molecule has 0 spiro atoms. The molecule has 1 aliphatic rings. The molecule has 2 heterocycles.